The predicted molar refractivity (Wildman–Crippen MR) is 58.0 cm³/mol. The van der Waals surface area contributed by atoms with Crippen LogP contribution >= 0.6 is 0 Å². The molecule has 0 bridgehead atoms. The molecule has 0 saturated carbocycles. The number of nitrogens with one attached hydrogen (secondary N) is 1. The lowest BCUT2D eigenvalue weighted by atomic mass is 10.0. The van der Waals surface area contributed by atoms with Crippen LogP contribution in [0.15, 0.2) is 0 Å². The molecule has 84 valence electrons. The van der Waals surface area contributed by atoms with Crippen LogP contribution in [0.25, 0.3) is 0 Å². The number of hydrogen-bond donors (Lipinski definition) is 2. The van der Waals surface area contributed by atoms with E-state index in [1.165, 1.54) is 0 Å². The number of rotatable bonds is 4. The second-order valence-corrected chi connectivity index (χ2v) is 3.82. The van der Waals surface area contributed by atoms with Crippen LogP contribution in [-0.4, -0.2) is 31.2 Å². The molecule has 0 aromatic heterocycles. The average Bonchev–Trinajstić information content (AvgIpc) is 2.63. The van der Waals surface area contributed by atoms with Crippen molar-refractivity contribution in [2.24, 2.45) is 11.7 Å². The summed E-state index contributed by atoms with van der Waals surface area (Å²) >= 11 is 0. The summed E-state index contributed by atoms with van der Waals surface area (Å²) in [7, 11) is 0. The normalized spacial score (nSPS) is 27.0. The fourth-order valence-electron chi connectivity index (χ4n) is 1.61. The van der Waals surface area contributed by atoms with Crippen molar-refractivity contribution in [2.45, 2.75) is 31.8 Å². The Balaban J connectivity index is 2.43. The van der Waals surface area contributed by atoms with E-state index in [1.807, 2.05) is 6.92 Å². The zero-order chi connectivity index (χ0) is 11.3. The summed E-state index contributed by atoms with van der Waals surface area (Å²) < 4.78 is 5.13. The molecule has 0 spiro atoms. The van der Waals surface area contributed by atoms with Crippen LogP contribution in [0, 0.1) is 18.3 Å². The Morgan fingerprint density at radius 1 is 1.73 bits per heavy atom. The van der Waals surface area contributed by atoms with E-state index in [-0.39, 0.29) is 23.9 Å². The lowest BCUT2D eigenvalue weighted by Gasteiger charge is -2.17. The SMILES string of the molecule is C#CC(CCC)NC(=O)C1COCC1N. The highest BCUT2D eigenvalue weighted by molar-refractivity contribution is 5.80. The van der Waals surface area contributed by atoms with Gasteiger partial charge in [0.1, 0.15) is 0 Å². The first-order valence-electron chi connectivity index (χ1n) is 5.28. The third-order valence-corrected chi connectivity index (χ3v) is 2.56. The Hall–Kier alpha value is -1.05. The molecule has 4 heteroatoms. The summed E-state index contributed by atoms with van der Waals surface area (Å²) in [4.78, 5) is 11.7. The van der Waals surface area contributed by atoms with Gasteiger partial charge < -0.3 is 15.8 Å². The summed E-state index contributed by atoms with van der Waals surface area (Å²) in [6, 6.07) is -0.389. The van der Waals surface area contributed by atoms with Gasteiger partial charge >= 0.3 is 0 Å². The van der Waals surface area contributed by atoms with E-state index >= 15 is 0 Å². The number of nitrogens with two attached hydrogens (primary N) is 1. The highest BCUT2D eigenvalue weighted by atomic mass is 16.5. The minimum Gasteiger partial charge on any atom is -0.379 e. The largest absolute Gasteiger partial charge is 0.379 e. The molecule has 15 heavy (non-hydrogen) atoms. The quantitative estimate of drug-likeness (QED) is 0.636. The first kappa shape index (κ1) is 12.0. The van der Waals surface area contributed by atoms with Crippen LogP contribution in [0.2, 0.25) is 0 Å². The first-order valence-corrected chi connectivity index (χ1v) is 5.28. The van der Waals surface area contributed by atoms with Gasteiger partial charge in [-0.1, -0.05) is 19.3 Å². The third kappa shape index (κ3) is 3.22. The number of amides is 1. The molecular weight excluding hydrogens is 192 g/mol. The van der Waals surface area contributed by atoms with Gasteiger partial charge in [0.2, 0.25) is 5.91 Å². The number of carbonyl (C=O) groups excluding carboxylic acids is 1. The summed E-state index contributed by atoms with van der Waals surface area (Å²) in [5, 5.41) is 2.80. The van der Waals surface area contributed by atoms with Crippen molar-refractivity contribution in [3.63, 3.8) is 0 Å². The maximum absolute atomic E-state index is 11.7. The summed E-state index contributed by atoms with van der Waals surface area (Å²) in [6.07, 6.45) is 7.06. The van der Waals surface area contributed by atoms with Crippen LogP contribution in [0.5, 0.6) is 0 Å². The van der Waals surface area contributed by atoms with Gasteiger partial charge in [0, 0.05) is 6.04 Å². The molecule has 4 nitrogen and oxygen atoms in total. The highest BCUT2D eigenvalue weighted by Crippen LogP contribution is 2.12. The van der Waals surface area contributed by atoms with Gasteiger partial charge in [-0.3, -0.25) is 4.79 Å². The van der Waals surface area contributed by atoms with E-state index in [9.17, 15) is 4.79 Å². The molecule has 1 heterocycles. The topological polar surface area (TPSA) is 64.3 Å². The van der Waals surface area contributed by atoms with Crippen molar-refractivity contribution in [3.8, 4) is 12.3 Å². The van der Waals surface area contributed by atoms with Crippen LogP contribution < -0.4 is 11.1 Å². The second-order valence-electron chi connectivity index (χ2n) is 3.82. The van der Waals surface area contributed by atoms with Gasteiger partial charge in [0.05, 0.1) is 25.2 Å². The minimum absolute atomic E-state index is 0.0867. The van der Waals surface area contributed by atoms with E-state index < -0.39 is 0 Å². The zero-order valence-electron chi connectivity index (χ0n) is 9.03. The maximum Gasteiger partial charge on any atom is 0.228 e. The molecule has 0 aromatic carbocycles. The zero-order valence-corrected chi connectivity index (χ0v) is 9.03. The molecule has 3 unspecified atom stereocenters. The molecule has 1 amide bonds. The van der Waals surface area contributed by atoms with Crippen LogP contribution in [0.1, 0.15) is 19.8 Å². The van der Waals surface area contributed by atoms with Gasteiger partial charge in [-0.25, -0.2) is 0 Å². The first-order chi connectivity index (χ1) is 7.19. The van der Waals surface area contributed by atoms with Crippen molar-refractivity contribution in [2.75, 3.05) is 13.2 Å². The molecular formula is C11H18N2O2. The number of carbonyl (C=O) groups is 1. The van der Waals surface area contributed by atoms with E-state index in [2.05, 4.69) is 11.2 Å². The number of terminal acetylenes is 1. The third-order valence-electron chi connectivity index (χ3n) is 2.56. The molecule has 1 rings (SSSR count). The van der Waals surface area contributed by atoms with Crippen molar-refractivity contribution in [1.82, 2.24) is 5.32 Å². The van der Waals surface area contributed by atoms with E-state index in [4.69, 9.17) is 16.9 Å². The molecule has 3 N–H and O–H groups in total. The Morgan fingerprint density at radius 3 is 2.93 bits per heavy atom. The predicted octanol–water partition coefficient (Wildman–Crippen LogP) is -0.122. The number of ether oxygens (including phenoxy) is 1. The molecule has 1 saturated heterocycles. The van der Waals surface area contributed by atoms with E-state index in [0.717, 1.165) is 12.8 Å². The standard InChI is InChI=1S/C11H18N2O2/c1-3-5-8(4-2)13-11(14)9-6-15-7-10(9)12/h2,8-10H,3,5-7,12H2,1H3,(H,13,14). The van der Waals surface area contributed by atoms with E-state index in [0.29, 0.717) is 13.2 Å². The van der Waals surface area contributed by atoms with E-state index in [1.54, 1.807) is 0 Å². The van der Waals surface area contributed by atoms with Gasteiger partial charge in [-0.05, 0) is 6.42 Å². The van der Waals surface area contributed by atoms with Crippen molar-refractivity contribution < 1.29 is 9.53 Å². The fraction of sp³-hybridized carbons (Fsp3) is 0.727. The molecule has 0 radical (unpaired) electrons. The summed E-state index contributed by atoms with van der Waals surface area (Å²) in [6.45, 7) is 2.88. The second kappa shape index (κ2) is 5.74. The smallest absolute Gasteiger partial charge is 0.228 e. The fourth-order valence-corrected chi connectivity index (χ4v) is 1.61. The van der Waals surface area contributed by atoms with Gasteiger partial charge in [0.15, 0.2) is 0 Å². The molecule has 0 aliphatic carbocycles. The summed E-state index contributed by atoms with van der Waals surface area (Å²) in [5.41, 5.74) is 5.73. The Morgan fingerprint density at radius 2 is 2.47 bits per heavy atom. The maximum atomic E-state index is 11.7. The summed E-state index contributed by atoms with van der Waals surface area (Å²) in [5.74, 6) is 2.22. The molecule has 3 atom stereocenters. The molecule has 0 aromatic rings. The monoisotopic (exact) mass is 210 g/mol. The van der Waals surface area contributed by atoms with Crippen LogP contribution in [-0.2, 0) is 9.53 Å². The lowest BCUT2D eigenvalue weighted by Crippen LogP contribution is -2.44. The van der Waals surface area contributed by atoms with Gasteiger partial charge in [-0.15, -0.1) is 6.42 Å². The van der Waals surface area contributed by atoms with Crippen molar-refractivity contribution >= 4 is 5.91 Å². The average molecular weight is 210 g/mol. The Kier molecular flexibility index (Phi) is 4.60. The number of hydrogen-bond acceptors (Lipinski definition) is 3. The Labute approximate surface area is 90.5 Å². The van der Waals surface area contributed by atoms with Crippen LogP contribution in [0.3, 0.4) is 0 Å². The minimum atomic E-state index is -0.252. The van der Waals surface area contributed by atoms with Crippen molar-refractivity contribution in [1.29, 1.82) is 0 Å². The van der Waals surface area contributed by atoms with Gasteiger partial charge in [0.25, 0.3) is 0 Å². The molecule has 1 aliphatic heterocycles. The van der Waals surface area contributed by atoms with Gasteiger partial charge in [-0.2, -0.15) is 0 Å². The van der Waals surface area contributed by atoms with Crippen LogP contribution in [0.4, 0.5) is 0 Å². The Bertz CT molecular complexity index is 260. The lowest BCUT2D eigenvalue weighted by molar-refractivity contribution is -0.125. The van der Waals surface area contributed by atoms with Crippen molar-refractivity contribution in [3.05, 3.63) is 0 Å². The molecule has 1 fully saturated rings. The molecule has 1 aliphatic rings. The highest BCUT2D eigenvalue weighted by Gasteiger charge is 2.31.